The Morgan fingerprint density at radius 1 is 1.38 bits per heavy atom. The summed E-state index contributed by atoms with van der Waals surface area (Å²) in [5.74, 6) is 0.240. The highest BCUT2D eigenvalue weighted by molar-refractivity contribution is 5.78. The SMILES string of the molecule is Cn1c(N)nc(=O)c2ccccc21. The van der Waals surface area contributed by atoms with Gasteiger partial charge in [-0.3, -0.25) is 4.79 Å². The molecule has 0 fully saturated rings. The zero-order valence-electron chi connectivity index (χ0n) is 7.19. The first-order chi connectivity index (χ1) is 6.20. The molecule has 0 radical (unpaired) electrons. The van der Waals surface area contributed by atoms with Crippen LogP contribution in [0.1, 0.15) is 0 Å². The van der Waals surface area contributed by atoms with Gasteiger partial charge < -0.3 is 10.3 Å². The second-order valence-corrected chi connectivity index (χ2v) is 2.85. The molecule has 2 N–H and O–H groups in total. The summed E-state index contributed by atoms with van der Waals surface area (Å²) in [7, 11) is 1.78. The van der Waals surface area contributed by atoms with Gasteiger partial charge in [-0.15, -0.1) is 0 Å². The van der Waals surface area contributed by atoms with Crippen molar-refractivity contribution in [1.29, 1.82) is 0 Å². The number of benzene rings is 1. The third-order valence-electron chi connectivity index (χ3n) is 2.06. The molecule has 4 nitrogen and oxygen atoms in total. The predicted molar refractivity (Wildman–Crippen MR) is 51.4 cm³/mol. The van der Waals surface area contributed by atoms with Crippen LogP contribution in [0.4, 0.5) is 5.95 Å². The van der Waals surface area contributed by atoms with E-state index in [1.807, 2.05) is 18.2 Å². The highest BCUT2D eigenvalue weighted by atomic mass is 16.1. The summed E-state index contributed by atoms with van der Waals surface area (Å²) in [6.45, 7) is 0. The van der Waals surface area contributed by atoms with E-state index >= 15 is 0 Å². The van der Waals surface area contributed by atoms with Crippen LogP contribution < -0.4 is 11.3 Å². The fraction of sp³-hybridized carbons (Fsp3) is 0.111. The third-order valence-corrected chi connectivity index (χ3v) is 2.06. The lowest BCUT2D eigenvalue weighted by atomic mass is 10.2. The molecule has 4 heteroatoms. The number of nitrogens with zero attached hydrogens (tertiary/aromatic N) is 2. The molecule has 1 aromatic carbocycles. The minimum absolute atomic E-state index is 0.240. The average molecular weight is 175 g/mol. The van der Waals surface area contributed by atoms with E-state index in [2.05, 4.69) is 4.98 Å². The molecule has 0 spiro atoms. The predicted octanol–water partition coefficient (Wildman–Crippen LogP) is 0.516. The van der Waals surface area contributed by atoms with Gasteiger partial charge in [0.1, 0.15) is 0 Å². The first-order valence-corrected chi connectivity index (χ1v) is 3.91. The van der Waals surface area contributed by atoms with E-state index in [1.54, 1.807) is 17.7 Å². The van der Waals surface area contributed by atoms with Crippen LogP contribution in [0.3, 0.4) is 0 Å². The van der Waals surface area contributed by atoms with Crippen molar-refractivity contribution >= 4 is 16.9 Å². The molecule has 2 rings (SSSR count). The molecule has 0 aliphatic rings. The third kappa shape index (κ3) is 1.07. The Bertz CT molecular complexity index is 516. The molecule has 1 aromatic heterocycles. The smallest absolute Gasteiger partial charge is 0.282 e. The molecular formula is C9H9N3O. The van der Waals surface area contributed by atoms with Crippen LogP contribution in [0, 0.1) is 0 Å². The van der Waals surface area contributed by atoms with E-state index in [0.29, 0.717) is 5.39 Å². The summed E-state index contributed by atoms with van der Waals surface area (Å²) >= 11 is 0. The van der Waals surface area contributed by atoms with Gasteiger partial charge >= 0.3 is 0 Å². The zero-order valence-corrected chi connectivity index (χ0v) is 7.19. The Morgan fingerprint density at radius 3 is 2.85 bits per heavy atom. The van der Waals surface area contributed by atoms with Gasteiger partial charge in [-0.05, 0) is 12.1 Å². The summed E-state index contributed by atoms with van der Waals surface area (Å²) in [6, 6.07) is 7.25. The molecule has 13 heavy (non-hydrogen) atoms. The molecule has 1 heterocycles. The number of hydrogen-bond donors (Lipinski definition) is 1. The van der Waals surface area contributed by atoms with Gasteiger partial charge in [0.05, 0.1) is 10.9 Å². The molecule has 0 saturated carbocycles. The van der Waals surface area contributed by atoms with Crippen LogP contribution in [-0.2, 0) is 7.05 Å². The van der Waals surface area contributed by atoms with Crippen LogP contribution in [0.25, 0.3) is 10.9 Å². The number of rotatable bonds is 0. The number of fused-ring (bicyclic) bond motifs is 1. The maximum Gasteiger partial charge on any atom is 0.282 e. The monoisotopic (exact) mass is 175 g/mol. The van der Waals surface area contributed by atoms with Gasteiger partial charge in [-0.1, -0.05) is 12.1 Å². The zero-order chi connectivity index (χ0) is 9.42. The Hall–Kier alpha value is -1.84. The number of nitrogen functional groups attached to an aromatic ring is 1. The van der Waals surface area contributed by atoms with E-state index < -0.39 is 0 Å². The molecule has 0 atom stereocenters. The topological polar surface area (TPSA) is 60.9 Å². The Labute approximate surface area is 74.6 Å². The van der Waals surface area contributed by atoms with Crippen molar-refractivity contribution in [2.24, 2.45) is 7.05 Å². The fourth-order valence-corrected chi connectivity index (χ4v) is 1.31. The normalized spacial score (nSPS) is 10.5. The standard InChI is InChI=1S/C9H9N3O/c1-12-7-5-3-2-4-6(7)8(13)11-9(12)10/h2-5H,1H3,(H2,10,11,13). The van der Waals surface area contributed by atoms with Crippen LogP contribution in [0.15, 0.2) is 29.1 Å². The number of para-hydroxylation sites is 1. The number of anilines is 1. The van der Waals surface area contributed by atoms with E-state index in [0.717, 1.165) is 5.52 Å². The van der Waals surface area contributed by atoms with Crippen molar-refractivity contribution in [2.45, 2.75) is 0 Å². The molecule has 0 unspecified atom stereocenters. The second kappa shape index (κ2) is 2.58. The molecule has 0 saturated heterocycles. The van der Waals surface area contributed by atoms with E-state index in [4.69, 9.17) is 5.73 Å². The Kier molecular flexibility index (Phi) is 1.55. The van der Waals surface area contributed by atoms with E-state index in [9.17, 15) is 4.79 Å². The Balaban J connectivity index is 3.06. The lowest BCUT2D eigenvalue weighted by molar-refractivity contribution is 0.922. The molecular weight excluding hydrogens is 166 g/mol. The van der Waals surface area contributed by atoms with Crippen LogP contribution in [-0.4, -0.2) is 9.55 Å². The van der Waals surface area contributed by atoms with E-state index in [-0.39, 0.29) is 11.5 Å². The van der Waals surface area contributed by atoms with Crippen molar-refractivity contribution < 1.29 is 0 Å². The minimum Gasteiger partial charge on any atom is -0.369 e. The van der Waals surface area contributed by atoms with Crippen molar-refractivity contribution in [1.82, 2.24) is 9.55 Å². The van der Waals surface area contributed by atoms with Crippen molar-refractivity contribution in [3.8, 4) is 0 Å². The van der Waals surface area contributed by atoms with Gasteiger partial charge in [0, 0.05) is 7.05 Å². The summed E-state index contributed by atoms with van der Waals surface area (Å²) in [4.78, 5) is 15.0. The maximum absolute atomic E-state index is 11.3. The molecule has 0 bridgehead atoms. The Morgan fingerprint density at radius 2 is 2.08 bits per heavy atom. The molecule has 0 amide bonds. The average Bonchev–Trinajstić information content (AvgIpc) is 2.15. The van der Waals surface area contributed by atoms with E-state index in [1.165, 1.54) is 0 Å². The van der Waals surface area contributed by atoms with Gasteiger partial charge in [-0.25, -0.2) is 0 Å². The largest absolute Gasteiger partial charge is 0.369 e. The summed E-state index contributed by atoms with van der Waals surface area (Å²) in [6.07, 6.45) is 0. The van der Waals surface area contributed by atoms with Crippen molar-refractivity contribution in [3.05, 3.63) is 34.6 Å². The fourth-order valence-electron chi connectivity index (χ4n) is 1.31. The van der Waals surface area contributed by atoms with Gasteiger partial charge in [0.25, 0.3) is 5.56 Å². The van der Waals surface area contributed by atoms with Crippen LogP contribution >= 0.6 is 0 Å². The highest BCUT2D eigenvalue weighted by Gasteiger charge is 2.03. The highest BCUT2D eigenvalue weighted by Crippen LogP contribution is 2.09. The van der Waals surface area contributed by atoms with Crippen molar-refractivity contribution in [2.75, 3.05) is 5.73 Å². The van der Waals surface area contributed by atoms with Crippen molar-refractivity contribution in [3.63, 3.8) is 0 Å². The van der Waals surface area contributed by atoms with Crippen LogP contribution in [0.2, 0.25) is 0 Å². The van der Waals surface area contributed by atoms with Gasteiger partial charge in [-0.2, -0.15) is 4.98 Å². The maximum atomic E-state index is 11.3. The first kappa shape index (κ1) is 7.79. The quantitative estimate of drug-likeness (QED) is 0.634. The first-order valence-electron chi connectivity index (χ1n) is 3.91. The molecule has 0 aliphatic carbocycles. The summed E-state index contributed by atoms with van der Waals surface area (Å²) in [5, 5.41) is 0.596. The number of aryl methyl sites for hydroxylation is 1. The summed E-state index contributed by atoms with van der Waals surface area (Å²) in [5.41, 5.74) is 6.07. The minimum atomic E-state index is -0.272. The summed E-state index contributed by atoms with van der Waals surface area (Å²) < 4.78 is 1.69. The number of hydrogen-bond acceptors (Lipinski definition) is 3. The molecule has 66 valence electrons. The lowest BCUT2D eigenvalue weighted by Gasteiger charge is -2.05. The molecule has 0 aliphatic heterocycles. The van der Waals surface area contributed by atoms with Gasteiger partial charge in [0.2, 0.25) is 5.95 Å². The number of nitrogens with two attached hydrogens (primary N) is 1. The van der Waals surface area contributed by atoms with Gasteiger partial charge in [0.15, 0.2) is 0 Å². The molecule has 2 aromatic rings. The second-order valence-electron chi connectivity index (χ2n) is 2.85. The lowest BCUT2D eigenvalue weighted by Crippen LogP contribution is -2.15. The number of aromatic nitrogens is 2. The van der Waals surface area contributed by atoms with Crippen LogP contribution in [0.5, 0.6) is 0 Å².